The largest absolute Gasteiger partial charge is 0.356 e. The Labute approximate surface area is 159 Å². The molecule has 1 saturated heterocycles. The van der Waals surface area contributed by atoms with E-state index in [1.165, 1.54) is 18.6 Å². The van der Waals surface area contributed by atoms with E-state index in [1.54, 1.807) is 12.1 Å². The molecule has 1 aliphatic heterocycles. The number of hydrogen-bond acceptors (Lipinski definition) is 5. The molecule has 1 aromatic carbocycles. The van der Waals surface area contributed by atoms with Crippen LogP contribution in [0.3, 0.4) is 0 Å². The van der Waals surface area contributed by atoms with E-state index in [0.717, 1.165) is 37.2 Å². The molecule has 0 aliphatic carbocycles. The Balaban J connectivity index is 1.93. The first-order chi connectivity index (χ1) is 12.8. The first kappa shape index (κ1) is 19.3. The standard InChI is InChI=1S/C19H24N4O3S/c1-13-11-17(18(21-14(13)2)23-9-4-3-5-10-23)19(24)22-15-7-6-8-16(12-15)27(20,25)26/h6-8,11-12H,3-5,9-10H2,1-2H3,(H,22,24)(H2,20,25,26). The highest BCUT2D eigenvalue weighted by molar-refractivity contribution is 7.89. The van der Waals surface area contributed by atoms with Gasteiger partial charge in [0, 0.05) is 24.5 Å². The third-order valence-corrected chi connectivity index (χ3v) is 5.68. The van der Waals surface area contributed by atoms with E-state index >= 15 is 0 Å². The summed E-state index contributed by atoms with van der Waals surface area (Å²) in [6.07, 6.45) is 3.33. The normalized spacial score (nSPS) is 14.9. The van der Waals surface area contributed by atoms with Gasteiger partial charge in [0.25, 0.3) is 5.91 Å². The number of piperidine rings is 1. The molecule has 0 bridgehead atoms. The summed E-state index contributed by atoms with van der Waals surface area (Å²) < 4.78 is 23.1. The molecule has 0 spiro atoms. The molecule has 7 nitrogen and oxygen atoms in total. The Morgan fingerprint density at radius 3 is 2.52 bits per heavy atom. The number of aryl methyl sites for hydroxylation is 2. The molecule has 8 heteroatoms. The predicted molar refractivity (Wildman–Crippen MR) is 106 cm³/mol. The number of sulfonamides is 1. The Hall–Kier alpha value is -2.45. The highest BCUT2D eigenvalue weighted by Crippen LogP contribution is 2.26. The highest BCUT2D eigenvalue weighted by Gasteiger charge is 2.22. The van der Waals surface area contributed by atoms with Crippen molar-refractivity contribution in [1.82, 2.24) is 4.98 Å². The molecule has 1 fully saturated rings. The summed E-state index contributed by atoms with van der Waals surface area (Å²) in [4.78, 5) is 19.7. The number of anilines is 2. The zero-order valence-electron chi connectivity index (χ0n) is 15.5. The average Bonchev–Trinajstić information content (AvgIpc) is 2.64. The van der Waals surface area contributed by atoms with Crippen molar-refractivity contribution in [3.63, 3.8) is 0 Å². The van der Waals surface area contributed by atoms with Crippen LogP contribution in [-0.4, -0.2) is 32.4 Å². The molecule has 2 aromatic rings. The number of carbonyl (C=O) groups is 1. The van der Waals surface area contributed by atoms with Gasteiger partial charge in [-0.1, -0.05) is 6.07 Å². The number of rotatable bonds is 4. The van der Waals surface area contributed by atoms with E-state index in [1.807, 2.05) is 19.9 Å². The fourth-order valence-corrected chi connectivity index (χ4v) is 3.72. The highest BCUT2D eigenvalue weighted by atomic mass is 32.2. The number of nitrogens with two attached hydrogens (primary N) is 1. The van der Waals surface area contributed by atoms with Gasteiger partial charge in [-0.15, -0.1) is 0 Å². The Morgan fingerprint density at radius 2 is 1.85 bits per heavy atom. The summed E-state index contributed by atoms with van der Waals surface area (Å²) in [7, 11) is -3.84. The number of carbonyl (C=O) groups excluding carboxylic acids is 1. The van der Waals surface area contributed by atoms with Crippen LogP contribution in [0.2, 0.25) is 0 Å². The van der Waals surface area contributed by atoms with Crippen molar-refractivity contribution in [3.05, 3.63) is 47.2 Å². The fraction of sp³-hybridized carbons (Fsp3) is 0.368. The molecule has 27 heavy (non-hydrogen) atoms. The molecule has 0 radical (unpaired) electrons. The fourth-order valence-electron chi connectivity index (χ4n) is 3.16. The van der Waals surface area contributed by atoms with Crippen LogP contribution in [0.25, 0.3) is 0 Å². The minimum absolute atomic E-state index is 0.0465. The van der Waals surface area contributed by atoms with Crippen molar-refractivity contribution in [2.45, 2.75) is 38.0 Å². The summed E-state index contributed by atoms with van der Waals surface area (Å²) in [5.41, 5.74) is 2.68. The number of benzene rings is 1. The van der Waals surface area contributed by atoms with Gasteiger partial charge in [0.05, 0.1) is 10.5 Å². The molecule has 1 amide bonds. The lowest BCUT2D eigenvalue weighted by molar-refractivity contribution is 0.102. The van der Waals surface area contributed by atoms with Crippen LogP contribution in [0.4, 0.5) is 11.5 Å². The van der Waals surface area contributed by atoms with Gasteiger partial charge in [0.2, 0.25) is 10.0 Å². The van der Waals surface area contributed by atoms with Crippen molar-refractivity contribution in [3.8, 4) is 0 Å². The number of aromatic nitrogens is 1. The van der Waals surface area contributed by atoms with Gasteiger partial charge in [-0.05, 0) is 62.9 Å². The topological polar surface area (TPSA) is 105 Å². The number of primary sulfonamides is 1. The van der Waals surface area contributed by atoms with Crippen molar-refractivity contribution in [1.29, 1.82) is 0 Å². The second kappa shape index (κ2) is 7.66. The molecule has 1 aliphatic rings. The number of hydrogen-bond donors (Lipinski definition) is 2. The van der Waals surface area contributed by atoms with E-state index < -0.39 is 10.0 Å². The second-order valence-electron chi connectivity index (χ2n) is 6.84. The van der Waals surface area contributed by atoms with Crippen LogP contribution in [0.15, 0.2) is 35.2 Å². The smallest absolute Gasteiger partial charge is 0.259 e. The molecule has 2 heterocycles. The summed E-state index contributed by atoms with van der Waals surface area (Å²) in [6, 6.07) is 7.75. The second-order valence-corrected chi connectivity index (χ2v) is 8.40. The number of nitrogens with one attached hydrogen (secondary N) is 1. The van der Waals surface area contributed by atoms with Crippen LogP contribution in [0.1, 0.15) is 40.9 Å². The van der Waals surface area contributed by atoms with Crippen LogP contribution < -0.4 is 15.4 Å². The maximum Gasteiger partial charge on any atom is 0.259 e. The quantitative estimate of drug-likeness (QED) is 0.837. The molecule has 1 aromatic heterocycles. The number of nitrogens with zero attached hydrogens (tertiary/aromatic N) is 2. The number of amides is 1. The molecular formula is C19H24N4O3S. The van der Waals surface area contributed by atoms with Gasteiger partial charge < -0.3 is 10.2 Å². The number of pyridine rings is 1. The molecular weight excluding hydrogens is 364 g/mol. The first-order valence-corrected chi connectivity index (χ1v) is 10.5. The van der Waals surface area contributed by atoms with Gasteiger partial charge in [0.1, 0.15) is 5.82 Å². The molecule has 3 N–H and O–H groups in total. The third-order valence-electron chi connectivity index (χ3n) is 4.77. The van der Waals surface area contributed by atoms with Crippen LogP contribution in [0.5, 0.6) is 0 Å². The average molecular weight is 388 g/mol. The summed E-state index contributed by atoms with van der Waals surface area (Å²) >= 11 is 0. The van der Waals surface area contributed by atoms with E-state index in [4.69, 9.17) is 5.14 Å². The monoisotopic (exact) mass is 388 g/mol. The van der Waals surface area contributed by atoms with E-state index in [0.29, 0.717) is 17.1 Å². The lowest BCUT2D eigenvalue weighted by Crippen LogP contribution is -2.32. The van der Waals surface area contributed by atoms with Crippen molar-refractivity contribution in [2.75, 3.05) is 23.3 Å². The Morgan fingerprint density at radius 1 is 1.15 bits per heavy atom. The van der Waals surface area contributed by atoms with Gasteiger partial charge in [-0.3, -0.25) is 4.79 Å². The molecule has 0 saturated carbocycles. The maximum absolute atomic E-state index is 12.9. The van der Waals surface area contributed by atoms with E-state index in [-0.39, 0.29) is 10.8 Å². The summed E-state index contributed by atoms with van der Waals surface area (Å²) in [5.74, 6) is 0.357. The summed E-state index contributed by atoms with van der Waals surface area (Å²) in [6.45, 7) is 5.59. The van der Waals surface area contributed by atoms with Gasteiger partial charge in [0.15, 0.2) is 0 Å². The van der Waals surface area contributed by atoms with E-state index in [2.05, 4.69) is 15.2 Å². The SMILES string of the molecule is Cc1cc(C(=O)Nc2cccc(S(N)(=O)=O)c2)c(N2CCCCC2)nc1C. The van der Waals surface area contributed by atoms with Crippen LogP contribution in [0, 0.1) is 13.8 Å². The van der Waals surface area contributed by atoms with Crippen molar-refractivity contribution >= 4 is 27.4 Å². The van der Waals surface area contributed by atoms with Crippen LogP contribution >= 0.6 is 0 Å². The molecule has 144 valence electrons. The van der Waals surface area contributed by atoms with Crippen molar-refractivity contribution in [2.24, 2.45) is 5.14 Å². The zero-order valence-corrected chi connectivity index (χ0v) is 16.3. The molecule has 0 unspecified atom stereocenters. The van der Waals surface area contributed by atoms with Gasteiger partial charge in [-0.2, -0.15) is 0 Å². The van der Waals surface area contributed by atoms with Crippen LogP contribution in [-0.2, 0) is 10.0 Å². The molecule has 3 rings (SSSR count). The Bertz CT molecular complexity index is 967. The lowest BCUT2D eigenvalue weighted by Gasteiger charge is -2.29. The zero-order chi connectivity index (χ0) is 19.6. The first-order valence-electron chi connectivity index (χ1n) is 8.93. The van der Waals surface area contributed by atoms with E-state index in [9.17, 15) is 13.2 Å². The van der Waals surface area contributed by atoms with Gasteiger partial charge in [-0.25, -0.2) is 18.5 Å². The lowest BCUT2D eigenvalue weighted by atomic mass is 10.1. The minimum atomic E-state index is -3.84. The Kier molecular flexibility index (Phi) is 5.48. The van der Waals surface area contributed by atoms with Gasteiger partial charge >= 0.3 is 0 Å². The summed E-state index contributed by atoms with van der Waals surface area (Å²) in [5, 5.41) is 7.94. The molecule has 0 atom stereocenters. The minimum Gasteiger partial charge on any atom is -0.356 e. The maximum atomic E-state index is 12.9. The predicted octanol–water partition coefficient (Wildman–Crippen LogP) is 2.59. The third kappa shape index (κ3) is 4.45. The van der Waals surface area contributed by atoms with Crippen molar-refractivity contribution < 1.29 is 13.2 Å².